The van der Waals surface area contributed by atoms with Crippen molar-refractivity contribution in [2.24, 2.45) is 21.7 Å². The van der Waals surface area contributed by atoms with E-state index in [4.69, 9.17) is 16.2 Å². The smallest absolute Gasteiger partial charge is 0.211 e. The Labute approximate surface area is 111 Å². The first-order valence-electron chi connectivity index (χ1n) is 5.99. The summed E-state index contributed by atoms with van der Waals surface area (Å²) in [5, 5.41) is 9.63. The second-order valence-electron chi connectivity index (χ2n) is 3.90. The van der Waals surface area contributed by atoms with E-state index < -0.39 is 0 Å². The van der Waals surface area contributed by atoms with E-state index in [0.717, 1.165) is 22.1 Å². The average molecular weight is 256 g/mol. The van der Waals surface area contributed by atoms with Gasteiger partial charge in [-0.1, -0.05) is 30.3 Å². The van der Waals surface area contributed by atoms with Crippen molar-refractivity contribution in [3.63, 3.8) is 0 Å². The first-order valence-corrected chi connectivity index (χ1v) is 5.99. The fourth-order valence-electron chi connectivity index (χ4n) is 1.84. The Bertz CT molecular complexity index is 630. The highest BCUT2D eigenvalue weighted by atomic mass is 16.5. The molecule has 0 fully saturated rings. The van der Waals surface area contributed by atoms with E-state index in [9.17, 15) is 0 Å². The minimum absolute atomic E-state index is 0.0746. The van der Waals surface area contributed by atoms with Crippen LogP contribution < -0.4 is 16.2 Å². The van der Waals surface area contributed by atoms with Crippen molar-refractivity contribution in [1.29, 1.82) is 0 Å². The van der Waals surface area contributed by atoms with Crippen LogP contribution in [0.15, 0.2) is 46.6 Å². The van der Waals surface area contributed by atoms with Gasteiger partial charge in [-0.2, -0.15) is 5.10 Å². The topological polar surface area (TPSA) is 86.0 Å². The minimum atomic E-state index is -0.0746. The van der Waals surface area contributed by atoms with Crippen molar-refractivity contribution >= 4 is 22.9 Å². The number of hydrogen-bond donors (Lipinski definition) is 2. The van der Waals surface area contributed by atoms with Gasteiger partial charge in [-0.25, -0.2) is 0 Å². The molecule has 2 rings (SSSR count). The molecule has 19 heavy (non-hydrogen) atoms. The predicted molar refractivity (Wildman–Crippen MR) is 78.5 cm³/mol. The molecule has 0 saturated heterocycles. The summed E-state index contributed by atoms with van der Waals surface area (Å²) in [5.74, 6) is 0.685. The van der Waals surface area contributed by atoms with Gasteiger partial charge in [0.15, 0.2) is 0 Å². The summed E-state index contributed by atoms with van der Waals surface area (Å²) in [7, 11) is 0. The third-order valence-electron chi connectivity index (χ3n) is 2.59. The van der Waals surface area contributed by atoms with Gasteiger partial charge < -0.3 is 16.2 Å². The fourth-order valence-corrected chi connectivity index (χ4v) is 1.84. The molecule has 0 bridgehead atoms. The van der Waals surface area contributed by atoms with Crippen LogP contribution >= 0.6 is 0 Å². The monoisotopic (exact) mass is 256 g/mol. The SMILES string of the molecule is CCOc1ccc2ccccc2c1C=NN=C(N)N. The number of rotatable bonds is 4. The van der Waals surface area contributed by atoms with Gasteiger partial charge in [-0.3, -0.25) is 0 Å². The van der Waals surface area contributed by atoms with Crippen molar-refractivity contribution in [2.75, 3.05) is 6.61 Å². The third-order valence-corrected chi connectivity index (χ3v) is 2.59. The summed E-state index contributed by atoms with van der Waals surface area (Å²) in [4.78, 5) is 0. The Kier molecular flexibility index (Phi) is 3.97. The van der Waals surface area contributed by atoms with Crippen molar-refractivity contribution in [3.8, 4) is 5.75 Å². The molecular formula is C14H16N4O. The first kappa shape index (κ1) is 12.9. The molecular weight excluding hydrogens is 240 g/mol. The molecule has 98 valence electrons. The van der Waals surface area contributed by atoms with Crippen LogP contribution in [-0.2, 0) is 0 Å². The second-order valence-corrected chi connectivity index (χ2v) is 3.90. The van der Waals surface area contributed by atoms with Crippen molar-refractivity contribution in [1.82, 2.24) is 0 Å². The van der Waals surface area contributed by atoms with E-state index in [2.05, 4.69) is 10.2 Å². The summed E-state index contributed by atoms with van der Waals surface area (Å²) in [6.45, 7) is 2.52. The van der Waals surface area contributed by atoms with Crippen LogP contribution in [0, 0.1) is 0 Å². The van der Waals surface area contributed by atoms with Gasteiger partial charge >= 0.3 is 0 Å². The normalized spacial score (nSPS) is 10.8. The van der Waals surface area contributed by atoms with E-state index in [0.29, 0.717) is 6.61 Å². The molecule has 0 aromatic heterocycles. The maximum absolute atomic E-state index is 5.60. The lowest BCUT2D eigenvalue weighted by atomic mass is 10.0. The molecule has 2 aromatic rings. The Morgan fingerprint density at radius 1 is 1.21 bits per heavy atom. The number of hydrogen-bond acceptors (Lipinski definition) is 3. The molecule has 0 aliphatic rings. The van der Waals surface area contributed by atoms with Crippen molar-refractivity contribution in [2.45, 2.75) is 6.92 Å². The third kappa shape index (κ3) is 3.01. The van der Waals surface area contributed by atoms with Crippen molar-refractivity contribution < 1.29 is 4.74 Å². The van der Waals surface area contributed by atoms with Crippen molar-refractivity contribution in [3.05, 3.63) is 42.0 Å². The number of guanidine groups is 1. The molecule has 0 saturated carbocycles. The van der Waals surface area contributed by atoms with E-state index in [1.54, 1.807) is 6.21 Å². The molecule has 4 N–H and O–H groups in total. The van der Waals surface area contributed by atoms with Gasteiger partial charge in [-0.05, 0) is 23.8 Å². The Morgan fingerprint density at radius 2 is 2.00 bits per heavy atom. The summed E-state index contributed by atoms with van der Waals surface area (Å²) >= 11 is 0. The predicted octanol–water partition coefficient (Wildman–Crippen LogP) is 1.85. The largest absolute Gasteiger partial charge is 0.493 e. The van der Waals surface area contributed by atoms with Crippen LogP contribution in [0.1, 0.15) is 12.5 Å². The van der Waals surface area contributed by atoms with Crippen LogP contribution in [-0.4, -0.2) is 18.8 Å². The van der Waals surface area contributed by atoms with E-state index in [-0.39, 0.29) is 5.96 Å². The molecule has 0 aliphatic carbocycles. The quantitative estimate of drug-likeness (QED) is 0.497. The van der Waals surface area contributed by atoms with Crippen LogP contribution in [0.5, 0.6) is 5.75 Å². The Morgan fingerprint density at radius 3 is 2.74 bits per heavy atom. The summed E-state index contributed by atoms with van der Waals surface area (Å²) in [6, 6.07) is 11.9. The molecule has 5 heteroatoms. The van der Waals surface area contributed by atoms with Gasteiger partial charge in [0, 0.05) is 5.56 Å². The Hall–Kier alpha value is -2.56. The van der Waals surface area contributed by atoms with Gasteiger partial charge in [0.1, 0.15) is 5.75 Å². The highest BCUT2D eigenvalue weighted by Gasteiger charge is 2.06. The maximum Gasteiger partial charge on any atom is 0.211 e. The van der Waals surface area contributed by atoms with Gasteiger partial charge in [0.25, 0.3) is 0 Å². The standard InChI is InChI=1S/C14H16N4O/c1-2-19-13-8-7-10-5-3-4-6-11(10)12(13)9-17-18-14(15)16/h3-9H,2H2,1H3,(H4,15,16,18). The number of benzene rings is 2. The summed E-state index contributed by atoms with van der Waals surface area (Å²) < 4.78 is 5.60. The summed E-state index contributed by atoms with van der Waals surface area (Å²) in [5.41, 5.74) is 11.4. The molecule has 0 atom stereocenters. The molecule has 5 nitrogen and oxygen atoms in total. The molecule has 0 heterocycles. The van der Waals surface area contributed by atoms with Crippen LogP contribution in [0.2, 0.25) is 0 Å². The lowest BCUT2D eigenvalue weighted by Crippen LogP contribution is -2.21. The average Bonchev–Trinajstić information content (AvgIpc) is 2.40. The Balaban J connectivity index is 2.55. The molecule has 2 aromatic carbocycles. The van der Waals surface area contributed by atoms with Crippen LogP contribution in [0.25, 0.3) is 10.8 Å². The zero-order valence-corrected chi connectivity index (χ0v) is 10.7. The molecule has 0 aliphatic heterocycles. The van der Waals surface area contributed by atoms with Crippen LogP contribution in [0.4, 0.5) is 0 Å². The molecule has 0 radical (unpaired) electrons. The first-order chi connectivity index (χ1) is 9.22. The molecule has 0 unspecified atom stereocenters. The fraction of sp³-hybridized carbons (Fsp3) is 0.143. The van der Waals surface area contributed by atoms with Crippen LogP contribution in [0.3, 0.4) is 0 Å². The lowest BCUT2D eigenvalue weighted by Gasteiger charge is -2.09. The number of ether oxygens (including phenoxy) is 1. The van der Waals surface area contributed by atoms with E-state index in [1.807, 2.05) is 43.3 Å². The lowest BCUT2D eigenvalue weighted by molar-refractivity contribution is 0.340. The zero-order valence-electron chi connectivity index (χ0n) is 10.7. The zero-order chi connectivity index (χ0) is 13.7. The highest BCUT2D eigenvalue weighted by molar-refractivity contribution is 6.02. The highest BCUT2D eigenvalue weighted by Crippen LogP contribution is 2.26. The number of nitrogens with two attached hydrogens (primary N) is 2. The van der Waals surface area contributed by atoms with Gasteiger partial charge in [0.05, 0.1) is 12.8 Å². The number of fused-ring (bicyclic) bond motifs is 1. The van der Waals surface area contributed by atoms with Gasteiger partial charge in [0.2, 0.25) is 5.96 Å². The second kappa shape index (κ2) is 5.86. The van der Waals surface area contributed by atoms with E-state index >= 15 is 0 Å². The molecule has 0 spiro atoms. The molecule has 0 amide bonds. The number of nitrogens with zero attached hydrogens (tertiary/aromatic N) is 2. The van der Waals surface area contributed by atoms with E-state index in [1.165, 1.54) is 0 Å². The summed E-state index contributed by atoms with van der Waals surface area (Å²) in [6.07, 6.45) is 1.60. The van der Waals surface area contributed by atoms with Gasteiger partial charge in [-0.15, -0.1) is 5.10 Å². The maximum atomic E-state index is 5.60. The minimum Gasteiger partial charge on any atom is -0.493 e.